The summed E-state index contributed by atoms with van der Waals surface area (Å²) in [4.78, 5) is 22.8. The molecule has 1 saturated carbocycles. The minimum Gasteiger partial charge on any atom is -0.507 e. The SMILES string of the molecule is O=C(N[C@H]1CC[C@@H](C(=O)O)C1)c1ccc(I)c(O)c1. The van der Waals surface area contributed by atoms with Crippen LogP contribution in [0.4, 0.5) is 0 Å². The molecule has 0 aliphatic heterocycles. The van der Waals surface area contributed by atoms with Crippen LogP contribution in [0.1, 0.15) is 29.6 Å². The number of hydrogen-bond donors (Lipinski definition) is 3. The topological polar surface area (TPSA) is 86.6 Å². The minimum absolute atomic E-state index is 0.0723. The van der Waals surface area contributed by atoms with Crippen molar-refractivity contribution in [2.75, 3.05) is 0 Å². The summed E-state index contributed by atoms with van der Waals surface area (Å²) in [6.07, 6.45) is 1.74. The lowest BCUT2D eigenvalue weighted by molar-refractivity contribution is -0.141. The van der Waals surface area contributed by atoms with E-state index in [-0.39, 0.29) is 23.6 Å². The summed E-state index contributed by atoms with van der Waals surface area (Å²) >= 11 is 1.98. The smallest absolute Gasteiger partial charge is 0.306 e. The van der Waals surface area contributed by atoms with Crippen LogP contribution < -0.4 is 5.32 Å². The van der Waals surface area contributed by atoms with E-state index in [1.807, 2.05) is 22.6 Å². The van der Waals surface area contributed by atoms with Crippen molar-refractivity contribution in [3.8, 4) is 5.75 Å². The van der Waals surface area contributed by atoms with Gasteiger partial charge in [0.2, 0.25) is 0 Å². The Morgan fingerprint density at radius 2 is 2.05 bits per heavy atom. The molecule has 2 atom stereocenters. The molecule has 0 aromatic heterocycles. The van der Waals surface area contributed by atoms with Gasteiger partial charge in [-0.15, -0.1) is 0 Å². The Morgan fingerprint density at radius 1 is 1.32 bits per heavy atom. The van der Waals surface area contributed by atoms with E-state index in [2.05, 4.69) is 5.32 Å². The highest BCUT2D eigenvalue weighted by Gasteiger charge is 2.30. The van der Waals surface area contributed by atoms with E-state index in [1.54, 1.807) is 12.1 Å². The Bertz CT molecular complexity index is 517. The van der Waals surface area contributed by atoms with Gasteiger partial charge in [-0.2, -0.15) is 0 Å². The number of carbonyl (C=O) groups excluding carboxylic acids is 1. The largest absolute Gasteiger partial charge is 0.507 e. The van der Waals surface area contributed by atoms with Gasteiger partial charge < -0.3 is 15.5 Å². The summed E-state index contributed by atoms with van der Waals surface area (Å²) < 4.78 is 0.681. The predicted molar refractivity (Wildman–Crippen MR) is 77.1 cm³/mol. The van der Waals surface area contributed by atoms with Gasteiger partial charge in [0, 0.05) is 11.6 Å². The normalized spacial score (nSPS) is 22.2. The highest BCUT2D eigenvalue weighted by Crippen LogP contribution is 2.26. The van der Waals surface area contributed by atoms with Crippen LogP contribution in [0.3, 0.4) is 0 Å². The molecular weight excluding hydrogens is 361 g/mol. The van der Waals surface area contributed by atoms with Crippen molar-refractivity contribution in [3.63, 3.8) is 0 Å². The van der Waals surface area contributed by atoms with Crippen molar-refractivity contribution in [1.29, 1.82) is 0 Å². The van der Waals surface area contributed by atoms with Crippen LogP contribution in [-0.4, -0.2) is 28.1 Å². The van der Waals surface area contributed by atoms with Gasteiger partial charge in [0.05, 0.1) is 9.49 Å². The second kappa shape index (κ2) is 5.77. The van der Waals surface area contributed by atoms with Crippen molar-refractivity contribution >= 4 is 34.5 Å². The molecule has 1 aromatic rings. The Balaban J connectivity index is 1.98. The second-order valence-corrected chi connectivity index (χ2v) is 5.85. The van der Waals surface area contributed by atoms with Crippen LogP contribution in [0.15, 0.2) is 18.2 Å². The lowest BCUT2D eigenvalue weighted by Gasteiger charge is -2.12. The number of amides is 1. The number of phenolic OH excluding ortho intramolecular Hbond substituents is 1. The maximum absolute atomic E-state index is 12.0. The molecule has 0 spiro atoms. The molecular formula is C13H14INO4. The van der Waals surface area contributed by atoms with Crippen LogP contribution in [0.2, 0.25) is 0 Å². The molecule has 0 bridgehead atoms. The lowest BCUT2D eigenvalue weighted by atomic mass is 10.1. The number of halogens is 1. The Hall–Kier alpha value is -1.31. The Kier molecular flexibility index (Phi) is 4.28. The Labute approximate surface area is 124 Å². The lowest BCUT2D eigenvalue weighted by Crippen LogP contribution is -2.33. The maximum Gasteiger partial charge on any atom is 0.306 e. The first-order chi connectivity index (χ1) is 8.97. The molecule has 1 fully saturated rings. The quantitative estimate of drug-likeness (QED) is 0.706. The highest BCUT2D eigenvalue weighted by molar-refractivity contribution is 14.1. The van der Waals surface area contributed by atoms with Gasteiger partial charge >= 0.3 is 5.97 Å². The summed E-state index contributed by atoms with van der Waals surface area (Å²) in [6, 6.07) is 4.62. The fraction of sp³-hybridized carbons (Fsp3) is 0.385. The van der Waals surface area contributed by atoms with E-state index >= 15 is 0 Å². The molecule has 102 valence electrons. The van der Waals surface area contributed by atoms with Crippen molar-refractivity contribution in [2.45, 2.75) is 25.3 Å². The number of aliphatic carboxylic acids is 1. The van der Waals surface area contributed by atoms with Gasteiger partial charge in [-0.3, -0.25) is 9.59 Å². The van der Waals surface area contributed by atoms with Gasteiger partial charge in [0.25, 0.3) is 5.91 Å². The molecule has 1 aliphatic carbocycles. The monoisotopic (exact) mass is 375 g/mol. The van der Waals surface area contributed by atoms with Crippen molar-refractivity contribution < 1.29 is 19.8 Å². The van der Waals surface area contributed by atoms with E-state index < -0.39 is 5.97 Å². The fourth-order valence-electron chi connectivity index (χ4n) is 2.26. The van der Waals surface area contributed by atoms with E-state index in [9.17, 15) is 14.7 Å². The van der Waals surface area contributed by atoms with Gasteiger partial charge in [-0.25, -0.2) is 0 Å². The molecule has 1 aliphatic rings. The molecule has 3 N–H and O–H groups in total. The molecule has 0 radical (unpaired) electrons. The number of rotatable bonds is 3. The van der Waals surface area contributed by atoms with Gasteiger partial charge in [-0.1, -0.05) is 0 Å². The number of benzene rings is 1. The van der Waals surface area contributed by atoms with Crippen LogP contribution in [0, 0.1) is 9.49 Å². The van der Waals surface area contributed by atoms with Crippen LogP contribution in [0.5, 0.6) is 5.75 Å². The summed E-state index contributed by atoms with van der Waals surface area (Å²) in [5.74, 6) is -1.37. The number of aromatic hydroxyl groups is 1. The van der Waals surface area contributed by atoms with Crippen molar-refractivity contribution in [2.24, 2.45) is 5.92 Å². The molecule has 0 saturated heterocycles. The number of phenols is 1. The Morgan fingerprint density at radius 3 is 2.63 bits per heavy atom. The molecule has 1 aromatic carbocycles. The first-order valence-corrected chi connectivity index (χ1v) is 7.07. The third kappa shape index (κ3) is 3.37. The number of carboxylic acid groups (broad SMARTS) is 1. The fourth-order valence-corrected chi connectivity index (χ4v) is 2.60. The zero-order chi connectivity index (χ0) is 14.0. The van der Waals surface area contributed by atoms with Gasteiger partial charge in [0.1, 0.15) is 5.75 Å². The van der Waals surface area contributed by atoms with Crippen LogP contribution >= 0.6 is 22.6 Å². The number of hydrogen-bond acceptors (Lipinski definition) is 3. The molecule has 19 heavy (non-hydrogen) atoms. The average molecular weight is 375 g/mol. The predicted octanol–water partition coefficient (Wildman–Crippen LogP) is 1.98. The van der Waals surface area contributed by atoms with Crippen molar-refractivity contribution in [1.82, 2.24) is 5.32 Å². The second-order valence-electron chi connectivity index (χ2n) is 4.68. The molecule has 1 amide bonds. The molecule has 6 heteroatoms. The molecule has 2 rings (SSSR count). The van der Waals surface area contributed by atoms with Crippen LogP contribution in [-0.2, 0) is 4.79 Å². The molecule has 0 unspecified atom stereocenters. The van der Waals surface area contributed by atoms with Crippen molar-refractivity contribution in [3.05, 3.63) is 27.3 Å². The van der Waals surface area contributed by atoms with E-state index in [0.29, 0.717) is 28.4 Å². The van der Waals surface area contributed by atoms with E-state index in [0.717, 1.165) is 0 Å². The zero-order valence-corrected chi connectivity index (χ0v) is 12.3. The number of nitrogens with one attached hydrogen (secondary N) is 1. The third-order valence-electron chi connectivity index (χ3n) is 3.33. The van der Waals surface area contributed by atoms with E-state index in [1.165, 1.54) is 6.07 Å². The first kappa shape index (κ1) is 14.1. The summed E-state index contributed by atoms with van der Waals surface area (Å²) in [5, 5.41) is 21.3. The van der Waals surface area contributed by atoms with Gasteiger partial charge in [-0.05, 0) is 60.1 Å². The van der Waals surface area contributed by atoms with Crippen LogP contribution in [0.25, 0.3) is 0 Å². The number of carboxylic acids is 1. The minimum atomic E-state index is -0.802. The molecule has 0 heterocycles. The highest BCUT2D eigenvalue weighted by atomic mass is 127. The molecule has 5 nitrogen and oxygen atoms in total. The average Bonchev–Trinajstić information content (AvgIpc) is 2.81. The summed E-state index contributed by atoms with van der Waals surface area (Å²) in [7, 11) is 0. The van der Waals surface area contributed by atoms with Gasteiger partial charge in [0.15, 0.2) is 0 Å². The maximum atomic E-state index is 12.0. The first-order valence-electron chi connectivity index (χ1n) is 5.99. The summed E-state index contributed by atoms with van der Waals surface area (Å²) in [5.41, 5.74) is 0.386. The zero-order valence-electron chi connectivity index (χ0n) is 10.1. The number of carbonyl (C=O) groups is 2. The third-order valence-corrected chi connectivity index (χ3v) is 4.24. The standard InChI is InChI=1S/C13H14INO4/c14-10-4-2-7(6-11(10)16)12(17)15-9-3-1-8(5-9)13(18)19/h2,4,6,8-9,16H,1,3,5H2,(H,15,17)(H,18,19)/t8-,9+/m1/s1. The van der Waals surface area contributed by atoms with E-state index in [4.69, 9.17) is 5.11 Å². The summed E-state index contributed by atoms with van der Waals surface area (Å²) in [6.45, 7) is 0.